The number of hydrogen-bond acceptors (Lipinski definition) is 6. The molecule has 1 aromatic rings. The summed E-state index contributed by atoms with van der Waals surface area (Å²) in [7, 11) is 2.79. The lowest BCUT2D eigenvalue weighted by molar-refractivity contribution is -0.125. The Balaban J connectivity index is 1.60. The molecule has 3 rings (SSSR count). The lowest BCUT2D eigenvalue weighted by Gasteiger charge is -2.36. The van der Waals surface area contributed by atoms with E-state index in [1.165, 1.54) is 30.6 Å². The zero-order valence-corrected chi connectivity index (χ0v) is 19.0. The third-order valence-electron chi connectivity index (χ3n) is 5.65. The lowest BCUT2D eigenvalue weighted by Crippen LogP contribution is -2.61. The molecule has 2 fully saturated rings. The quantitative estimate of drug-likeness (QED) is 0.563. The minimum atomic E-state index is -1.79. The molecule has 178 valence electrons. The van der Waals surface area contributed by atoms with Crippen molar-refractivity contribution in [3.63, 3.8) is 0 Å². The topological polar surface area (TPSA) is 144 Å². The van der Waals surface area contributed by atoms with Crippen LogP contribution in [0.25, 0.3) is 0 Å². The highest BCUT2D eigenvalue weighted by molar-refractivity contribution is 7.80. The molecule has 0 bridgehead atoms. The van der Waals surface area contributed by atoms with Gasteiger partial charge in [0.1, 0.15) is 24.0 Å². The number of nitriles is 1. The number of ether oxygens (including phenoxy) is 1. The highest BCUT2D eigenvalue weighted by Crippen LogP contribution is 2.20. The van der Waals surface area contributed by atoms with Gasteiger partial charge >= 0.3 is 6.09 Å². The average molecular weight is 481 g/mol. The number of anilines is 1. The van der Waals surface area contributed by atoms with Crippen LogP contribution < -0.4 is 15.4 Å². The van der Waals surface area contributed by atoms with E-state index in [9.17, 15) is 23.0 Å². The van der Waals surface area contributed by atoms with Gasteiger partial charge in [-0.2, -0.15) is 5.26 Å². The molecule has 3 atom stereocenters. The molecule has 2 heterocycles. The zero-order chi connectivity index (χ0) is 24.1. The minimum Gasteiger partial charge on any atom is -0.453 e. The summed E-state index contributed by atoms with van der Waals surface area (Å²) in [6.07, 6.45) is 0.732. The van der Waals surface area contributed by atoms with Crippen LogP contribution in [0.5, 0.6) is 0 Å². The standard InChI is InChI=1S/C20H25FN6O5S/c1-26-17(19(29)24-14-3-4-15(21)12(9-14)11-22)10-16(25-33(26)31)18(28)23-13-5-7-27(8-6-13)20(30)32-2/h3-4,9,13,16-17,25H,5-8,10H2,1-2H3,(H,23,28)(H,24,29). The van der Waals surface area contributed by atoms with Gasteiger partial charge in [0, 0.05) is 31.9 Å². The van der Waals surface area contributed by atoms with Crippen molar-refractivity contribution in [2.24, 2.45) is 0 Å². The Morgan fingerprint density at radius 1 is 1.27 bits per heavy atom. The van der Waals surface area contributed by atoms with E-state index in [1.54, 1.807) is 11.0 Å². The summed E-state index contributed by atoms with van der Waals surface area (Å²) in [4.78, 5) is 38.8. The van der Waals surface area contributed by atoms with E-state index in [-0.39, 0.29) is 29.6 Å². The summed E-state index contributed by atoms with van der Waals surface area (Å²) in [6.45, 7) is 0.884. The summed E-state index contributed by atoms with van der Waals surface area (Å²) in [6, 6.07) is 3.35. The van der Waals surface area contributed by atoms with Gasteiger partial charge in [-0.1, -0.05) is 0 Å². The third-order valence-corrected chi connectivity index (χ3v) is 6.91. The van der Waals surface area contributed by atoms with Crippen molar-refractivity contribution in [3.8, 4) is 6.07 Å². The van der Waals surface area contributed by atoms with Crippen LogP contribution in [0.4, 0.5) is 14.9 Å². The highest BCUT2D eigenvalue weighted by atomic mass is 32.2. The van der Waals surface area contributed by atoms with Crippen molar-refractivity contribution in [3.05, 3.63) is 29.6 Å². The molecule has 1 aromatic carbocycles. The van der Waals surface area contributed by atoms with Crippen molar-refractivity contribution in [1.29, 1.82) is 5.26 Å². The van der Waals surface area contributed by atoms with Crippen LogP contribution in [-0.2, 0) is 25.5 Å². The van der Waals surface area contributed by atoms with Gasteiger partial charge in [-0.25, -0.2) is 22.4 Å². The normalized spacial score (nSPS) is 23.9. The predicted molar refractivity (Wildman–Crippen MR) is 116 cm³/mol. The average Bonchev–Trinajstić information content (AvgIpc) is 2.81. The van der Waals surface area contributed by atoms with Crippen molar-refractivity contribution in [2.45, 2.75) is 37.4 Å². The van der Waals surface area contributed by atoms with E-state index in [0.29, 0.717) is 25.9 Å². The minimum absolute atomic E-state index is 0.0488. The molecule has 0 aromatic heterocycles. The molecule has 3 N–H and O–H groups in total. The molecule has 0 radical (unpaired) electrons. The Bertz CT molecular complexity index is 994. The van der Waals surface area contributed by atoms with Gasteiger partial charge in [0.05, 0.1) is 12.7 Å². The molecule has 2 saturated heterocycles. The fraction of sp³-hybridized carbons (Fsp3) is 0.500. The second-order valence-electron chi connectivity index (χ2n) is 7.75. The molecule has 11 nitrogen and oxygen atoms in total. The zero-order valence-electron chi connectivity index (χ0n) is 18.2. The van der Waals surface area contributed by atoms with Crippen LogP contribution in [-0.4, -0.2) is 76.7 Å². The lowest BCUT2D eigenvalue weighted by atomic mass is 10.0. The third kappa shape index (κ3) is 5.84. The monoisotopic (exact) mass is 480 g/mol. The second kappa shape index (κ2) is 10.7. The first-order chi connectivity index (χ1) is 15.7. The summed E-state index contributed by atoms with van der Waals surface area (Å²) in [5.41, 5.74) is -0.000393. The van der Waals surface area contributed by atoms with Gasteiger partial charge in [0.2, 0.25) is 11.8 Å². The number of hydrogen-bond donors (Lipinski definition) is 3. The Morgan fingerprint density at radius 2 is 1.97 bits per heavy atom. The number of nitrogens with zero attached hydrogens (tertiary/aromatic N) is 3. The van der Waals surface area contributed by atoms with Crippen LogP contribution in [0.3, 0.4) is 0 Å². The second-order valence-corrected chi connectivity index (χ2v) is 9.06. The molecular weight excluding hydrogens is 455 g/mol. The molecule has 13 heteroatoms. The number of nitrogens with one attached hydrogen (secondary N) is 3. The fourth-order valence-electron chi connectivity index (χ4n) is 3.72. The van der Waals surface area contributed by atoms with E-state index in [2.05, 4.69) is 15.4 Å². The molecule has 33 heavy (non-hydrogen) atoms. The van der Waals surface area contributed by atoms with E-state index < -0.39 is 41.1 Å². The Hall–Kier alpha value is -3.08. The highest BCUT2D eigenvalue weighted by Gasteiger charge is 2.39. The first kappa shape index (κ1) is 24.6. The number of likely N-dealkylation sites (N-methyl/N-ethyl adjacent to an activating group) is 1. The Kier molecular flexibility index (Phi) is 7.96. The number of amides is 3. The van der Waals surface area contributed by atoms with Gasteiger partial charge in [-0.15, -0.1) is 0 Å². The fourth-order valence-corrected chi connectivity index (χ4v) is 4.75. The van der Waals surface area contributed by atoms with E-state index in [4.69, 9.17) is 10.00 Å². The molecule has 2 aliphatic rings. The summed E-state index contributed by atoms with van der Waals surface area (Å²) < 4.78 is 34.7. The first-order valence-corrected chi connectivity index (χ1v) is 11.4. The molecule has 0 aliphatic carbocycles. The van der Waals surface area contributed by atoms with Gasteiger partial charge in [-0.05, 0) is 37.5 Å². The van der Waals surface area contributed by atoms with E-state index in [1.807, 2.05) is 0 Å². The van der Waals surface area contributed by atoms with Gasteiger partial charge < -0.3 is 20.3 Å². The van der Waals surface area contributed by atoms with E-state index in [0.717, 1.165) is 6.07 Å². The summed E-state index contributed by atoms with van der Waals surface area (Å²) >= 11 is -1.79. The van der Waals surface area contributed by atoms with Crippen molar-refractivity contribution < 1.29 is 27.7 Å². The number of carbonyl (C=O) groups is 3. The molecule has 0 saturated carbocycles. The molecular formula is C20H25FN6O5S. The van der Waals surface area contributed by atoms with Crippen molar-refractivity contribution in [1.82, 2.24) is 19.2 Å². The van der Waals surface area contributed by atoms with Crippen LogP contribution in [0, 0.1) is 17.1 Å². The van der Waals surface area contributed by atoms with Gasteiger partial charge in [-0.3, -0.25) is 9.59 Å². The number of likely N-dealkylation sites (tertiary alicyclic amines) is 1. The predicted octanol–water partition coefficient (Wildman–Crippen LogP) is 0.224. The molecule has 2 aliphatic heterocycles. The molecule has 0 spiro atoms. The number of piperidine rings is 1. The summed E-state index contributed by atoms with van der Waals surface area (Å²) in [5, 5.41) is 14.4. The van der Waals surface area contributed by atoms with Crippen LogP contribution in [0.15, 0.2) is 18.2 Å². The maximum atomic E-state index is 13.5. The van der Waals surface area contributed by atoms with Gasteiger partial charge in [0.15, 0.2) is 11.2 Å². The molecule has 3 amide bonds. The van der Waals surface area contributed by atoms with E-state index >= 15 is 0 Å². The number of rotatable bonds is 4. The van der Waals surface area contributed by atoms with Crippen LogP contribution >= 0.6 is 0 Å². The number of methoxy groups -OCH3 is 1. The number of carbonyl (C=O) groups excluding carboxylic acids is 3. The van der Waals surface area contributed by atoms with Crippen molar-refractivity contribution >= 4 is 34.8 Å². The maximum absolute atomic E-state index is 13.5. The Labute approximate surface area is 192 Å². The Morgan fingerprint density at radius 3 is 2.61 bits per heavy atom. The maximum Gasteiger partial charge on any atom is 0.409 e. The van der Waals surface area contributed by atoms with Crippen LogP contribution in [0.2, 0.25) is 0 Å². The van der Waals surface area contributed by atoms with Gasteiger partial charge in [0.25, 0.3) is 0 Å². The SMILES string of the molecule is COC(=O)N1CCC(NC(=O)C2CC(C(=O)Nc3ccc(F)c(C#N)c3)N(C)S(=O)N2)CC1. The van der Waals surface area contributed by atoms with Crippen molar-refractivity contribution in [2.75, 3.05) is 32.6 Å². The number of benzene rings is 1. The van der Waals surface area contributed by atoms with Crippen LogP contribution in [0.1, 0.15) is 24.8 Å². The summed E-state index contributed by atoms with van der Waals surface area (Å²) in [5.74, 6) is -1.63. The largest absolute Gasteiger partial charge is 0.453 e. The number of halogens is 1. The first-order valence-electron chi connectivity index (χ1n) is 10.3. The molecule has 3 unspecified atom stereocenters. The smallest absolute Gasteiger partial charge is 0.409 e.